The lowest BCUT2D eigenvalue weighted by Gasteiger charge is -2.52. The predicted octanol–water partition coefficient (Wildman–Crippen LogP) is 7.64. The quantitative estimate of drug-likeness (QED) is 0.210. The van der Waals surface area contributed by atoms with E-state index < -0.39 is 5.41 Å². The van der Waals surface area contributed by atoms with Crippen molar-refractivity contribution in [1.82, 2.24) is 0 Å². The van der Waals surface area contributed by atoms with Gasteiger partial charge in [-0.1, -0.05) is 86.9 Å². The molecule has 6 rings (SSSR count). The topological polar surface area (TPSA) is 87.0 Å². The van der Waals surface area contributed by atoms with Crippen LogP contribution in [0.5, 0.6) is 11.5 Å². The van der Waals surface area contributed by atoms with E-state index in [1.165, 1.54) is 19.3 Å². The Bertz CT molecular complexity index is 1520. The van der Waals surface area contributed by atoms with Gasteiger partial charge < -0.3 is 20.1 Å². The summed E-state index contributed by atoms with van der Waals surface area (Å²) in [7, 11) is 1.73. The summed E-state index contributed by atoms with van der Waals surface area (Å²) in [6.07, 6.45) is 7.95. The van der Waals surface area contributed by atoms with Crippen LogP contribution in [-0.4, -0.2) is 40.9 Å². The molecule has 0 radical (unpaired) electrons. The third-order valence-corrected chi connectivity index (χ3v) is 11.6. The van der Waals surface area contributed by atoms with Gasteiger partial charge in [-0.3, -0.25) is 4.79 Å². The SMILES string of the molecule is C=C1[C@H]2[C@H](CO)C[C@](C(=O)CCc3cccc(-c4ccc(Cc5ccc(O)cc5)c(O)c4)c3)([C@H]2OC)[C@]1(C)C1CCCCC1. The van der Waals surface area contributed by atoms with Crippen LogP contribution in [0.4, 0.5) is 0 Å². The van der Waals surface area contributed by atoms with Crippen LogP contribution in [0.2, 0.25) is 0 Å². The summed E-state index contributed by atoms with van der Waals surface area (Å²) in [5.74, 6) is 1.16. The zero-order valence-corrected chi connectivity index (χ0v) is 26.1. The van der Waals surface area contributed by atoms with Gasteiger partial charge in [0.05, 0.1) is 11.5 Å². The maximum atomic E-state index is 14.6. The molecule has 0 saturated heterocycles. The molecule has 3 saturated carbocycles. The molecular formula is C39H46O5. The highest BCUT2D eigenvalue weighted by Crippen LogP contribution is 2.73. The number of fused-ring (bicyclic) bond motifs is 2. The molecule has 3 aliphatic rings. The maximum absolute atomic E-state index is 14.6. The van der Waals surface area contributed by atoms with E-state index in [2.05, 4.69) is 25.6 Å². The highest BCUT2D eigenvalue weighted by molar-refractivity contribution is 5.89. The van der Waals surface area contributed by atoms with Crippen molar-refractivity contribution in [1.29, 1.82) is 0 Å². The van der Waals surface area contributed by atoms with Crippen LogP contribution in [0.25, 0.3) is 11.1 Å². The van der Waals surface area contributed by atoms with Crippen LogP contribution >= 0.6 is 0 Å². The standard InChI is InChI=1S/C39H46O5/c1-25-36-31(24-40)23-39(37(36)44-3,38(25,2)32-10-5-4-6-11-32)35(43)19-14-26-8-7-9-28(20-26)29-15-16-30(34(42)22-29)21-27-12-17-33(41)18-13-27/h7-9,12-13,15-18,20,22,31-32,36-37,40-42H,1,4-6,10-11,14,19,21,23-24H2,2-3H3/t31-,36-,37-,38-,39-/m0/s1. The lowest BCUT2D eigenvalue weighted by atomic mass is 9.50. The molecule has 0 heterocycles. The highest BCUT2D eigenvalue weighted by Gasteiger charge is 2.74. The van der Waals surface area contributed by atoms with Crippen molar-refractivity contribution in [3.8, 4) is 22.6 Å². The van der Waals surface area contributed by atoms with E-state index in [1.807, 2.05) is 36.4 Å². The number of carbonyl (C=O) groups excluding carboxylic acids is 1. The zero-order chi connectivity index (χ0) is 31.1. The van der Waals surface area contributed by atoms with Gasteiger partial charge in [-0.2, -0.15) is 0 Å². The largest absolute Gasteiger partial charge is 0.508 e. The molecule has 2 bridgehead atoms. The second-order valence-corrected chi connectivity index (χ2v) is 13.7. The van der Waals surface area contributed by atoms with Gasteiger partial charge in [0.1, 0.15) is 17.3 Å². The lowest BCUT2D eigenvalue weighted by molar-refractivity contribution is -0.146. The van der Waals surface area contributed by atoms with E-state index in [1.54, 1.807) is 25.3 Å². The number of aliphatic hydroxyl groups is 1. The number of aryl methyl sites for hydroxylation is 1. The van der Waals surface area contributed by atoms with Crippen LogP contribution in [0.15, 0.2) is 78.9 Å². The summed E-state index contributed by atoms with van der Waals surface area (Å²) in [6, 6.07) is 21.0. The number of phenolic OH excluding ortho intramolecular Hbond substituents is 2. The fourth-order valence-electron chi connectivity index (χ4n) is 9.33. The first kappa shape index (κ1) is 30.6. The Morgan fingerprint density at radius 2 is 1.68 bits per heavy atom. The Labute approximate surface area is 261 Å². The van der Waals surface area contributed by atoms with Crippen molar-refractivity contribution in [3.05, 3.63) is 95.6 Å². The first-order valence-electron chi connectivity index (χ1n) is 16.3. The first-order valence-corrected chi connectivity index (χ1v) is 16.3. The average molecular weight is 595 g/mol. The van der Waals surface area contributed by atoms with Crippen LogP contribution in [-0.2, 0) is 22.4 Å². The number of ether oxygens (including phenoxy) is 1. The van der Waals surface area contributed by atoms with Crippen molar-refractivity contribution in [2.75, 3.05) is 13.7 Å². The monoisotopic (exact) mass is 594 g/mol. The van der Waals surface area contributed by atoms with E-state index in [0.717, 1.165) is 46.2 Å². The maximum Gasteiger partial charge on any atom is 0.142 e. The zero-order valence-electron chi connectivity index (χ0n) is 26.1. The molecule has 0 spiro atoms. The molecule has 3 fully saturated rings. The van der Waals surface area contributed by atoms with Gasteiger partial charge in [-0.05, 0) is 83.5 Å². The molecule has 5 atom stereocenters. The summed E-state index contributed by atoms with van der Waals surface area (Å²) in [4.78, 5) is 14.6. The Kier molecular flexibility index (Phi) is 8.47. The third kappa shape index (κ3) is 4.98. The van der Waals surface area contributed by atoms with E-state index >= 15 is 0 Å². The van der Waals surface area contributed by atoms with Crippen molar-refractivity contribution in [2.45, 2.75) is 70.8 Å². The van der Waals surface area contributed by atoms with E-state index in [0.29, 0.717) is 31.6 Å². The average Bonchev–Trinajstić information content (AvgIpc) is 3.49. The number of ketones is 1. The van der Waals surface area contributed by atoms with E-state index in [9.17, 15) is 20.1 Å². The number of methoxy groups -OCH3 is 1. The number of aromatic hydroxyl groups is 2. The smallest absolute Gasteiger partial charge is 0.142 e. The molecule has 3 aromatic rings. The van der Waals surface area contributed by atoms with Gasteiger partial charge in [0.2, 0.25) is 0 Å². The molecule has 0 unspecified atom stereocenters. The Morgan fingerprint density at radius 3 is 2.36 bits per heavy atom. The summed E-state index contributed by atoms with van der Waals surface area (Å²) in [6.45, 7) is 6.97. The second kappa shape index (κ2) is 12.2. The van der Waals surface area contributed by atoms with Gasteiger partial charge in [-0.25, -0.2) is 0 Å². The summed E-state index contributed by atoms with van der Waals surface area (Å²) >= 11 is 0. The van der Waals surface area contributed by atoms with Crippen LogP contribution in [0, 0.1) is 28.6 Å². The van der Waals surface area contributed by atoms with Crippen LogP contribution in [0.1, 0.15) is 68.6 Å². The minimum atomic E-state index is -0.657. The van der Waals surface area contributed by atoms with Crippen molar-refractivity contribution >= 4 is 5.78 Å². The number of hydrogen-bond acceptors (Lipinski definition) is 5. The fourth-order valence-corrected chi connectivity index (χ4v) is 9.33. The molecule has 0 amide bonds. The Morgan fingerprint density at radius 1 is 0.955 bits per heavy atom. The second-order valence-electron chi connectivity index (χ2n) is 13.7. The molecule has 44 heavy (non-hydrogen) atoms. The van der Waals surface area contributed by atoms with Gasteiger partial charge in [0.25, 0.3) is 0 Å². The molecule has 0 aliphatic heterocycles. The summed E-state index contributed by atoms with van der Waals surface area (Å²) in [5, 5.41) is 30.7. The lowest BCUT2D eigenvalue weighted by Crippen LogP contribution is -2.53. The molecule has 3 aromatic carbocycles. The molecule has 232 valence electrons. The first-order chi connectivity index (χ1) is 21.2. The number of benzene rings is 3. The Balaban J connectivity index is 1.22. The van der Waals surface area contributed by atoms with Gasteiger partial charge >= 0.3 is 0 Å². The number of carbonyl (C=O) groups is 1. The fraction of sp³-hybridized carbons (Fsp3) is 0.462. The number of Topliss-reactive ketones (excluding diaryl/α,β-unsaturated/α-hetero) is 1. The van der Waals surface area contributed by atoms with Gasteiger partial charge in [0, 0.05) is 37.9 Å². The predicted molar refractivity (Wildman–Crippen MR) is 174 cm³/mol. The molecule has 0 aromatic heterocycles. The molecular weight excluding hydrogens is 548 g/mol. The summed E-state index contributed by atoms with van der Waals surface area (Å²) in [5.41, 5.74) is 4.99. The van der Waals surface area contributed by atoms with E-state index in [4.69, 9.17) is 4.74 Å². The molecule has 5 heteroatoms. The van der Waals surface area contributed by atoms with Crippen LogP contribution < -0.4 is 0 Å². The normalized spacial score (nSPS) is 28.4. The summed E-state index contributed by atoms with van der Waals surface area (Å²) < 4.78 is 6.18. The molecule has 5 nitrogen and oxygen atoms in total. The Hall–Kier alpha value is -3.41. The minimum Gasteiger partial charge on any atom is -0.508 e. The number of aliphatic hydroxyl groups excluding tert-OH is 1. The van der Waals surface area contributed by atoms with Crippen molar-refractivity contribution in [2.24, 2.45) is 28.6 Å². The van der Waals surface area contributed by atoms with Crippen molar-refractivity contribution in [3.63, 3.8) is 0 Å². The number of rotatable bonds is 10. The molecule has 3 aliphatic carbocycles. The molecule has 3 N–H and O–H groups in total. The van der Waals surface area contributed by atoms with Gasteiger partial charge in [0.15, 0.2) is 0 Å². The van der Waals surface area contributed by atoms with Crippen molar-refractivity contribution < 1.29 is 24.9 Å². The third-order valence-electron chi connectivity index (χ3n) is 11.6. The number of hydrogen-bond donors (Lipinski definition) is 3. The van der Waals surface area contributed by atoms with Gasteiger partial charge in [-0.15, -0.1) is 0 Å². The van der Waals surface area contributed by atoms with E-state index in [-0.39, 0.29) is 47.2 Å². The number of phenols is 2. The highest BCUT2D eigenvalue weighted by atomic mass is 16.5. The minimum absolute atomic E-state index is 0.0149. The van der Waals surface area contributed by atoms with Crippen LogP contribution in [0.3, 0.4) is 0 Å².